The van der Waals surface area contributed by atoms with Crippen LogP contribution in [0.25, 0.3) is 11.3 Å². The third kappa shape index (κ3) is 8.09. The average Bonchev–Trinajstić information content (AvgIpc) is 2.98. The third-order valence-electron chi connectivity index (χ3n) is 9.18. The van der Waals surface area contributed by atoms with Crippen LogP contribution in [0.3, 0.4) is 0 Å². The van der Waals surface area contributed by atoms with Gasteiger partial charge in [-0.2, -0.15) is 0 Å². The van der Waals surface area contributed by atoms with Gasteiger partial charge in [0.1, 0.15) is 0 Å². The fourth-order valence-electron chi connectivity index (χ4n) is 6.64. The maximum Gasteiger partial charge on any atom is 0.306 e. The van der Waals surface area contributed by atoms with Crippen LogP contribution in [0, 0.1) is 5.92 Å². The number of benzene rings is 1. The number of ether oxygens (including phenoxy) is 3. The van der Waals surface area contributed by atoms with Gasteiger partial charge in [0.2, 0.25) is 11.8 Å². The van der Waals surface area contributed by atoms with Crippen LogP contribution < -0.4 is 9.64 Å². The first kappa shape index (κ1) is 32.9. The summed E-state index contributed by atoms with van der Waals surface area (Å²) in [5.74, 6) is 1.83. The Morgan fingerprint density at radius 1 is 1.00 bits per heavy atom. The van der Waals surface area contributed by atoms with E-state index in [2.05, 4.69) is 44.6 Å². The van der Waals surface area contributed by atoms with Crippen molar-refractivity contribution in [2.45, 2.75) is 58.2 Å². The topological polar surface area (TPSA) is 93.2 Å². The summed E-state index contributed by atoms with van der Waals surface area (Å²) in [4.78, 5) is 33.4. The molecule has 0 spiro atoms. The summed E-state index contributed by atoms with van der Waals surface area (Å²) in [6, 6.07) is 9.98. The summed E-state index contributed by atoms with van der Waals surface area (Å²) >= 11 is 12.7. The fourth-order valence-corrected chi connectivity index (χ4v) is 7.17. The van der Waals surface area contributed by atoms with Gasteiger partial charge in [0.25, 0.3) is 0 Å². The highest BCUT2D eigenvalue weighted by Gasteiger charge is 2.36. The molecule has 0 aliphatic carbocycles. The van der Waals surface area contributed by atoms with E-state index < -0.39 is 0 Å². The number of hydrogen-bond donors (Lipinski definition) is 0. The lowest BCUT2D eigenvalue weighted by Gasteiger charge is -2.45. The molecule has 0 saturated carbocycles. The molecular weight excluding hydrogens is 627 g/mol. The van der Waals surface area contributed by atoms with E-state index in [0.717, 1.165) is 69.9 Å². The molecule has 3 aliphatic rings. The van der Waals surface area contributed by atoms with Crippen LogP contribution in [0.4, 0.5) is 5.95 Å². The molecule has 3 aliphatic heterocycles. The Hall–Kier alpha value is -3.02. The first-order chi connectivity index (χ1) is 22.1. The highest BCUT2D eigenvalue weighted by molar-refractivity contribution is 6.35. The molecule has 0 radical (unpaired) electrons. The largest absolute Gasteiger partial charge is 0.466 e. The number of rotatable bonds is 10. The smallest absolute Gasteiger partial charge is 0.306 e. The maximum absolute atomic E-state index is 12.2. The Bertz CT molecular complexity index is 1490. The summed E-state index contributed by atoms with van der Waals surface area (Å²) in [6.07, 6.45) is 5.71. The summed E-state index contributed by atoms with van der Waals surface area (Å²) in [5.41, 5.74) is 2.44. The molecule has 0 bridgehead atoms. The number of carbonyl (C=O) groups excluding carboxylic acids is 1. The first-order valence-corrected chi connectivity index (χ1v) is 16.9. The van der Waals surface area contributed by atoms with E-state index in [-0.39, 0.29) is 11.5 Å². The molecule has 246 valence electrons. The van der Waals surface area contributed by atoms with Crippen LogP contribution >= 0.6 is 23.2 Å². The van der Waals surface area contributed by atoms with Crippen LogP contribution in [-0.2, 0) is 20.8 Å². The maximum atomic E-state index is 12.2. The number of hydrogen-bond acceptors (Lipinski definition) is 10. The summed E-state index contributed by atoms with van der Waals surface area (Å²) in [6.45, 7) is 13.7. The summed E-state index contributed by atoms with van der Waals surface area (Å²) in [5, 5.41) is 1.07. The van der Waals surface area contributed by atoms with Gasteiger partial charge >= 0.3 is 5.97 Å². The van der Waals surface area contributed by atoms with Gasteiger partial charge in [-0.25, -0.2) is 15.0 Å². The Balaban J connectivity index is 1.18. The number of aromatic nitrogens is 3. The Labute approximate surface area is 281 Å². The lowest BCUT2D eigenvalue weighted by Crippen LogP contribution is -2.56. The van der Waals surface area contributed by atoms with Gasteiger partial charge in [-0.3, -0.25) is 14.6 Å². The van der Waals surface area contributed by atoms with E-state index in [1.165, 1.54) is 0 Å². The zero-order chi connectivity index (χ0) is 32.3. The van der Waals surface area contributed by atoms with Crippen LogP contribution in [0.5, 0.6) is 11.6 Å². The van der Waals surface area contributed by atoms with Gasteiger partial charge in [-0.15, -0.1) is 0 Å². The molecule has 46 heavy (non-hydrogen) atoms. The Morgan fingerprint density at radius 2 is 1.72 bits per heavy atom. The molecule has 1 atom stereocenters. The van der Waals surface area contributed by atoms with E-state index in [1.807, 2.05) is 25.1 Å². The Morgan fingerprint density at radius 3 is 2.35 bits per heavy atom. The SMILES string of the molecule is CCOC(=O)CC1CCN(Cc2cc(Oc3cnc(N4CCN(C5COC5)CC4)nc3)nc(-c3cc(Cl)cc(Cl)c3)c2)C(C)(C)C1. The van der Waals surface area contributed by atoms with E-state index in [4.69, 9.17) is 42.4 Å². The molecule has 3 fully saturated rings. The number of carbonyl (C=O) groups is 1. The number of anilines is 1. The predicted octanol–water partition coefficient (Wildman–Crippen LogP) is 6.10. The van der Waals surface area contributed by atoms with Crippen LogP contribution in [-0.4, -0.2) is 94.8 Å². The highest BCUT2D eigenvalue weighted by Crippen LogP contribution is 2.36. The van der Waals surface area contributed by atoms with Gasteiger partial charge in [0, 0.05) is 66.4 Å². The predicted molar refractivity (Wildman–Crippen MR) is 179 cm³/mol. The van der Waals surface area contributed by atoms with Crippen molar-refractivity contribution >= 4 is 35.1 Å². The standard InChI is InChI=1S/C34H42Cl2N6O4/c1-4-45-32(43)13-23-5-6-42(34(2,3)17-23)20-24-11-30(25-14-26(35)16-27(36)15-25)39-31(12-24)46-29-18-37-33(38-19-29)41-9-7-40(8-10-41)28-21-44-22-28/h11-12,14-16,18-19,23,28H,4-10,13,17,20-22H2,1-3H3. The second kappa shape index (κ2) is 14.4. The monoisotopic (exact) mass is 668 g/mol. The lowest BCUT2D eigenvalue weighted by atomic mass is 9.81. The number of esters is 1. The second-order valence-electron chi connectivity index (χ2n) is 13.0. The highest BCUT2D eigenvalue weighted by atomic mass is 35.5. The van der Waals surface area contributed by atoms with Crippen molar-refractivity contribution in [3.05, 3.63) is 58.3 Å². The molecule has 1 unspecified atom stereocenters. The molecule has 12 heteroatoms. The van der Waals surface area contributed by atoms with Crippen molar-refractivity contribution in [1.29, 1.82) is 0 Å². The molecule has 6 rings (SSSR count). The minimum Gasteiger partial charge on any atom is -0.466 e. The quantitative estimate of drug-likeness (QED) is 0.236. The molecule has 10 nitrogen and oxygen atoms in total. The third-order valence-corrected chi connectivity index (χ3v) is 9.61. The van der Waals surface area contributed by atoms with Gasteiger partial charge in [-0.1, -0.05) is 23.2 Å². The van der Waals surface area contributed by atoms with E-state index >= 15 is 0 Å². The molecule has 3 aromatic rings. The zero-order valence-corrected chi connectivity index (χ0v) is 28.3. The molecule has 0 amide bonds. The molecule has 2 aromatic heterocycles. The van der Waals surface area contributed by atoms with E-state index in [9.17, 15) is 4.79 Å². The number of halogens is 2. The molecule has 0 N–H and O–H groups in total. The first-order valence-electron chi connectivity index (χ1n) is 16.1. The molecular formula is C34H42Cl2N6O4. The van der Waals surface area contributed by atoms with Gasteiger partial charge in [0.05, 0.1) is 44.0 Å². The lowest BCUT2D eigenvalue weighted by molar-refractivity contribution is -0.145. The van der Waals surface area contributed by atoms with Crippen molar-refractivity contribution in [3.63, 3.8) is 0 Å². The van der Waals surface area contributed by atoms with Crippen LogP contribution in [0.15, 0.2) is 42.7 Å². The zero-order valence-electron chi connectivity index (χ0n) is 26.8. The summed E-state index contributed by atoms with van der Waals surface area (Å²) < 4.78 is 16.8. The van der Waals surface area contributed by atoms with Gasteiger partial charge in [0.15, 0.2) is 5.75 Å². The van der Waals surface area contributed by atoms with Crippen LogP contribution in [0.2, 0.25) is 10.0 Å². The fraction of sp³-hybridized carbons (Fsp3) is 0.529. The average molecular weight is 670 g/mol. The minimum absolute atomic E-state index is 0.111. The Kier molecular flexibility index (Phi) is 10.3. The molecule has 3 saturated heterocycles. The number of pyridine rings is 1. The van der Waals surface area contributed by atoms with Crippen molar-refractivity contribution < 1.29 is 19.0 Å². The number of piperazine rings is 1. The number of piperidine rings is 1. The number of nitrogens with zero attached hydrogens (tertiary/aromatic N) is 6. The van der Waals surface area contributed by atoms with Crippen molar-refractivity contribution in [3.8, 4) is 22.9 Å². The van der Waals surface area contributed by atoms with E-state index in [0.29, 0.717) is 64.8 Å². The minimum atomic E-state index is -0.114. The van der Waals surface area contributed by atoms with Gasteiger partial charge in [-0.05, 0) is 75.9 Å². The number of likely N-dealkylation sites (tertiary alicyclic amines) is 1. The van der Waals surface area contributed by atoms with Crippen molar-refractivity contribution in [2.75, 3.05) is 57.4 Å². The van der Waals surface area contributed by atoms with Crippen LogP contribution in [0.1, 0.15) is 45.6 Å². The van der Waals surface area contributed by atoms with Crippen molar-refractivity contribution in [1.82, 2.24) is 24.8 Å². The second-order valence-corrected chi connectivity index (χ2v) is 13.9. The molecule has 1 aromatic carbocycles. The summed E-state index contributed by atoms with van der Waals surface area (Å²) in [7, 11) is 0. The van der Waals surface area contributed by atoms with E-state index in [1.54, 1.807) is 18.5 Å². The molecule has 5 heterocycles. The van der Waals surface area contributed by atoms with Gasteiger partial charge < -0.3 is 19.1 Å². The van der Waals surface area contributed by atoms with Crippen molar-refractivity contribution in [2.24, 2.45) is 5.92 Å². The normalized spacial score (nSPS) is 20.7.